The number of amides is 2. The van der Waals surface area contributed by atoms with Crippen molar-refractivity contribution in [1.82, 2.24) is 5.32 Å². The zero-order valence-corrected chi connectivity index (χ0v) is 3.93. The van der Waals surface area contributed by atoms with Crippen LogP contribution in [0, 0.1) is 6.42 Å². The first-order valence-corrected chi connectivity index (χ1v) is 2.00. The molecule has 0 spiro atoms. The molecule has 0 aromatic carbocycles. The molecule has 0 aliphatic carbocycles. The number of carbonyl (C=O) groups excluding carboxylic acids is 2. The number of ether oxygens (including phenoxy) is 1. The maximum Gasteiger partial charge on any atom is 0.413 e. The standard InChI is InChI=1S/C4H3NO3/c6-3-1-2-8-4(7)5-3/h2H2,(H,5,6,7). The van der Waals surface area contributed by atoms with E-state index >= 15 is 0 Å². The highest BCUT2D eigenvalue weighted by Gasteiger charge is 2.15. The highest BCUT2D eigenvalue weighted by Crippen LogP contribution is 1.89. The number of rotatable bonds is 0. The minimum atomic E-state index is -0.700. The Hall–Kier alpha value is -1.06. The first kappa shape index (κ1) is 5.08. The molecule has 1 fully saturated rings. The zero-order valence-electron chi connectivity index (χ0n) is 3.93. The van der Waals surface area contributed by atoms with Gasteiger partial charge in [0.1, 0.15) is 13.0 Å². The molecule has 1 aliphatic heterocycles. The lowest BCUT2D eigenvalue weighted by molar-refractivity contribution is -0.118. The molecule has 4 heteroatoms. The molecule has 1 N–H and O–H groups in total. The van der Waals surface area contributed by atoms with Crippen LogP contribution in [0.5, 0.6) is 0 Å². The van der Waals surface area contributed by atoms with Crippen LogP contribution in [-0.2, 0) is 9.53 Å². The Kier molecular flexibility index (Phi) is 1.15. The fourth-order valence-corrected chi connectivity index (χ4v) is 0.340. The van der Waals surface area contributed by atoms with Crippen LogP contribution in [-0.4, -0.2) is 18.6 Å². The molecule has 8 heavy (non-hydrogen) atoms. The van der Waals surface area contributed by atoms with Crippen molar-refractivity contribution in [1.29, 1.82) is 0 Å². The van der Waals surface area contributed by atoms with Gasteiger partial charge in [-0.15, -0.1) is 0 Å². The maximum atomic E-state index is 10.2. The molecule has 1 rings (SSSR count). The third-order valence-corrected chi connectivity index (χ3v) is 0.652. The predicted molar refractivity (Wildman–Crippen MR) is 22.7 cm³/mol. The molecule has 1 aliphatic rings. The van der Waals surface area contributed by atoms with Gasteiger partial charge >= 0.3 is 6.09 Å². The van der Waals surface area contributed by atoms with Crippen molar-refractivity contribution in [2.75, 3.05) is 6.61 Å². The van der Waals surface area contributed by atoms with Crippen molar-refractivity contribution in [2.45, 2.75) is 0 Å². The molecule has 0 atom stereocenters. The van der Waals surface area contributed by atoms with Crippen molar-refractivity contribution < 1.29 is 14.3 Å². The second kappa shape index (κ2) is 1.81. The maximum absolute atomic E-state index is 10.2. The summed E-state index contributed by atoms with van der Waals surface area (Å²) in [7, 11) is 0. The highest BCUT2D eigenvalue weighted by molar-refractivity contribution is 5.98. The Morgan fingerprint density at radius 2 is 2.38 bits per heavy atom. The van der Waals surface area contributed by atoms with Gasteiger partial charge < -0.3 is 4.74 Å². The van der Waals surface area contributed by atoms with Crippen molar-refractivity contribution in [3.8, 4) is 0 Å². The molecular weight excluding hydrogens is 110 g/mol. The molecule has 2 radical (unpaired) electrons. The second-order valence-electron chi connectivity index (χ2n) is 1.21. The Labute approximate surface area is 45.8 Å². The number of cyclic esters (lactones) is 1. The first-order valence-electron chi connectivity index (χ1n) is 2.00. The van der Waals surface area contributed by atoms with Gasteiger partial charge in [-0.3, -0.25) is 10.1 Å². The van der Waals surface area contributed by atoms with E-state index in [0.717, 1.165) is 0 Å². The van der Waals surface area contributed by atoms with Crippen LogP contribution in [0.1, 0.15) is 0 Å². The molecule has 2 amide bonds. The summed E-state index contributed by atoms with van der Waals surface area (Å²) in [6.07, 6.45) is 1.52. The number of carbonyl (C=O) groups is 2. The Balaban J connectivity index is 2.45. The molecule has 0 bridgehead atoms. The summed E-state index contributed by atoms with van der Waals surface area (Å²) in [6, 6.07) is 0. The summed E-state index contributed by atoms with van der Waals surface area (Å²) in [5.41, 5.74) is 0. The first-order chi connectivity index (χ1) is 3.79. The van der Waals surface area contributed by atoms with Crippen LogP contribution < -0.4 is 5.32 Å². The van der Waals surface area contributed by atoms with E-state index in [1.54, 1.807) is 0 Å². The van der Waals surface area contributed by atoms with Gasteiger partial charge in [-0.25, -0.2) is 4.79 Å². The van der Waals surface area contributed by atoms with E-state index in [9.17, 15) is 9.59 Å². The summed E-state index contributed by atoms with van der Waals surface area (Å²) in [4.78, 5) is 20.2. The van der Waals surface area contributed by atoms with Gasteiger partial charge in [0, 0.05) is 0 Å². The van der Waals surface area contributed by atoms with E-state index < -0.39 is 12.0 Å². The third-order valence-electron chi connectivity index (χ3n) is 0.652. The fraction of sp³-hybridized carbons (Fsp3) is 0.250. The smallest absolute Gasteiger partial charge is 0.413 e. The predicted octanol–water partition coefficient (Wildman–Crippen LogP) is -0.666. The summed E-state index contributed by atoms with van der Waals surface area (Å²) < 4.78 is 4.27. The van der Waals surface area contributed by atoms with E-state index in [1.807, 2.05) is 5.32 Å². The summed E-state index contributed by atoms with van der Waals surface area (Å²) in [5.74, 6) is -0.513. The quantitative estimate of drug-likeness (QED) is 0.453. The van der Waals surface area contributed by atoms with E-state index in [0.29, 0.717) is 0 Å². The van der Waals surface area contributed by atoms with Crippen molar-refractivity contribution in [3.05, 3.63) is 6.42 Å². The second-order valence-corrected chi connectivity index (χ2v) is 1.21. The largest absolute Gasteiger partial charge is 0.448 e. The van der Waals surface area contributed by atoms with Crippen molar-refractivity contribution in [2.24, 2.45) is 0 Å². The van der Waals surface area contributed by atoms with Crippen LogP contribution in [0.15, 0.2) is 0 Å². The van der Waals surface area contributed by atoms with Gasteiger partial charge in [-0.2, -0.15) is 0 Å². The number of hydrogen-bond donors (Lipinski definition) is 1. The summed E-state index contributed by atoms with van der Waals surface area (Å²) >= 11 is 0. The van der Waals surface area contributed by atoms with Gasteiger partial charge in [0.15, 0.2) is 0 Å². The molecule has 0 aromatic rings. The minimum absolute atomic E-state index is 0.0370. The van der Waals surface area contributed by atoms with E-state index in [1.165, 1.54) is 0 Å². The summed E-state index contributed by atoms with van der Waals surface area (Å²) in [6.45, 7) is -0.0370. The average molecular weight is 113 g/mol. The molecule has 0 aromatic heterocycles. The highest BCUT2D eigenvalue weighted by atomic mass is 16.6. The zero-order chi connectivity index (χ0) is 5.98. The van der Waals surface area contributed by atoms with E-state index in [-0.39, 0.29) is 6.61 Å². The SMILES string of the molecule is O=C1[C]COC(=O)N1. The third kappa shape index (κ3) is 0.959. The Bertz CT molecular complexity index is 117. The lowest BCUT2D eigenvalue weighted by Crippen LogP contribution is -2.37. The molecule has 42 valence electrons. The topological polar surface area (TPSA) is 55.4 Å². The van der Waals surface area contributed by atoms with Gasteiger partial charge in [-0.1, -0.05) is 0 Å². The molecule has 4 nitrogen and oxygen atoms in total. The molecule has 1 saturated heterocycles. The van der Waals surface area contributed by atoms with Gasteiger partial charge in [0.05, 0.1) is 0 Å². The Morgan fingerprint density at radius 3 is 2.75 bits per heavy atom. The molecular formula is C4H3NO3. The van der Waals surface area contributed by atoms with Gasteiger partial charge in [-0.05, 0) is 0 Å². The average Bonchev–Trinajstić information content (AvgIpc) is 1.64. The normalized spacial score (nSPS) is 19.5. The molecule has 0 saturated carbocycles. The van der Waals surface area contributed by atoms with Crippen LogP contribution in [0.4, 0.5) is 4.79 Å². The minimum Gasteiger partial charge on any atom is -0.448 e. The summed E-state index contributed by atoms with van der Waals surface area (Å²) in [5, 5.41) is 1.87. The molecule has 1 heterocycles. The number of hydrogen-bond acceptors (Lipinski definition) is 3. The number of alkyl carbamates (subject to hydrolysis) is 1. The van der Waals surface area contributed by atoms with Gasteiger partial charge in [0.25, 0.3) is 0 Å². The monoisotopic (exact) mass is 113 g/mol. The van der Waals surface area contributed by atoms with Crippen molar-refractivity contribution in [3.63, 3.8) is 0 Å². The van der Waals surface area contributed by atoms with Crippen molar-refractivity contribution >= 4 is 12.0 Å². The molecule has 0 unspecified atom stereocenters. The lowest BCUT2D eigenvalue weighted by atomic mass is 10.4. The van der Waals surface area contributed by atoms with E-state index in [4.69, 9.17) is 0 Å². The van der Waals surface area contributed by atoms with Crippen LogP contribution in [0.3, 0.4) is 0 Å². The van der Waals surface area contributed by atoms with Gasteiger partial charge in [0.2, 0.25) is 5.91 Å². The fourth-order valence-electron chi connectivity index (χ4n) is 0.340. The van der Waals surface area contributed by atoms with Crippen LogP contribution in [0.25, 0.3) is 0 Å². The Morgan fingerprint density at radius 1 is 1.62 bits per heavy atom. The van der Waals surface area contributed by atoms with Crippen LogP contribution >= 0.6 is 0 Å². The number of imide groups is 1. The lowest BCUT2D eigenvalue weighted by Gasteiger charge is -2.08. The number of nitrogens with one attached hydrogen (secondary N) is 1. The van der Waals surface area contributed by atoms with Crippen LogP contribution in [0.2, 0.25) is 0 Å². The van der Waals surface area contributed by atoms with E-state index in [2.05, 4.69) is 11.2 Å².